The van der Waals surface area contributed by atoms with Crippen LogP contribution in [-0.2, 0) is 9.53 Å². The molecule has 1 aliphatic carbocycles. The largest absolute Gasteiger partial charge is 0.466 e. The zero-order chi connectivity index (χ0) is 13.3. The summed E-state index contributed by atoms with van der Waals surface area (Å²) < 4.78 is 18.1. The van der Waals surface area contributed by atoms with E-state index in [0.29, 0.717) is 18.6 Å². The van der Waals surface area contributed by atoms with E-state index in [0.717, 1.165) is 18.3 Å². The van der Waals surface area contributed by atoms with Crippen LogP contribution < -0.4 is 0 Å². The number of ether oxygens (including phenoxy) is 1. The molecule has 1 aliphatic rings. The third-order valence-corrected chi connectivity index (χ3v) is 3.71. The van der Waals surface area contributed by atoms with Gasteiger partial charge in [0, 0.05) is 18.0 Å². The second kappa shape index (κ2) is 5.22. The van der Waals surface area contributed by atoms with Crippen LogP contribution in [0.1, 0.15) is 36.9 Å². The van der Waals surface area contributed by atoms with E-state index in [1.54, 1.807) is 13.8 Å². The van der Waals surface area contributed by atoms with Gasteiger partial charge in [-0.15, -0.1) is 0 Å². The molecule has 2 unspecified atom stereocenters. The molecule has 0 spiro atoms. The van der Waals surface area contributed by atoms with Crippen LogP contribution in [0.25, 0.3) is 0 Å². The third-order valence-electron chi connectivity index (χ3n) is 3.25. The molecule has 1 saturated carbocycles. The van der Waals surface area contributed by atoms with E-state index >= 15 is 0 Å². The maximum absolute atomic E-state index is 13.2. The first-order chi connectivity index (χ1) is 8.54. The van der Waals surface area contributed by atoms with Crippen molar-refractivity contribution in [1.82, 2.24) is 4.98 Å². The van der Waals surface area contributed by atoms with Gasteiger partial charge in [-0.1, -0.05) is 11.6 Å². The molecular weight excluding hydrogens is 257 g/mol. The van der Waals surface area contributed by atoms with Crippen molar-refractivity contribution in [1.29, 1.82) is 0 Å². The van der Waals surface area contributed by atoms with Gasteiger partial charge in [-0.05, 0) is 31.7 Å². The van der Waals surface area contributed by atoms with Gasteiger partial charge in [-0.25, -0.2) is 4.39 Å². The summed E-state index contributed by atoms with van der Waals surface area (Å²) in [5.41, 5.74) is 1.48. The minimum atomic E-state index is -0.500. The van der Waals surface area contributed by atoms with E-state index in [2.05, 4.69) is 4.98 Å². The van der Waals surface area contributed by atoms with Crippen molar-refractivity contribution in [2.24, 2.45) is 5.92 Å². The fraction of sp³-hybridized carbons (Fsp3) is 0.538. The Morgan fingerprint density at radius 3 is 3.06 bits per heavy atom. The first kappa shape index (κ1) is 13.3. The van der Waals surface area contributed by atoms with Crippen molar-refractivity contribution in [2.75, 3.05) is 6.61 Å². The summed E-state index contributed by atoms with van der Waals surface area (Å²) in [6.45, 7) is 3.94. The van der Waals surface area contributed by atoms with Gasteiger partial charge in [-0.2, -0.15) is 0 Å². The molecule has 1 fully saturated rings. The standard InChI is InChI=1S/C13H15ClFNO2/c1-3-18-11(17)5-8-4-9(8)13-7(2)12(14)10(15)6-16-13/h6,8-9H,3-5H2,1-2H3. The van der Waals surface area contributed by atoms with Gasteiger partial charge in [0.25, 0.3) is 0 Å². The van der Waals surface area contributed by atoms with Crippen LogP contribution in [0.2, 0.25) is 5.02 Å². The zero-order valence-corrected chi connectivity index (χ0v) is 11.1. The molecule has 2 rings (SSSR count). The predicted octanol–water partition coefficient (Wildman–Crippen LogP) is 3.24. The molecule has 1 aromatic heterocycles. The zero-order valence-electron chi connectivity index (χ0n) is 10.4. The summed E-state index contributed by atoms with van der Waals surface area (Å²) in [6.07, 6.45) is 2.42. The Balaban J connectivity index is 2.04. The van der Waals surface area contributed by atoms with Gasteiger partial charge in [-0.3, -0.25) is 9.78 Å². The van der Waals surface area contributed by atoms with Gasteiger partial charge in [0.2, 0.25) is 0 Å². The molecule has 98 valence electrons. The molecule has 0 amide bonds. The number of nitrogens with zero attached hydrogens (tertiary/aromatic N) is 1. The first-order valence-electron chi connectivity index (χ1n) is 6.00. The molecule has 0 saturated heterocycles. The Morgan fingerprint density at radius 2 is 2.39 bits per heavy atom. The van der Waals surface area contributed by atoms with E-state index < -0.39 is 5.82 Å². The lowest BCUT2D eigenvalue weighted by atomic mass is 10.1. The van der Waals surface area contributed by atoms with Gasteiger partial charge in [0.05, 0.1) is 17.8 Å². The number of carbonyl (C=O) groups excluding carboxylic acids is 1. The van der Waals surface area contributed by atoms with Gasteiger partial charge < -0.3 is 4.74 Å². The highest BCUT2D eigenvalue weighted by Gasteiger charge is 2.42. The first-order valence-corrected chi connectivity index (χ1v) is 6.38. The summed E-state index contributed by atoms with van der Waals surface area (Å²) in [4.78, 5) is 15.4. The molecule has 0 aromatic carbocycles. The molecule has 0 bridgehead atoms. The quantitative estimate of drug-likeness (QED) is 0.789. The predicted molar refractivity (Wildman–Crippen MR) is 66.0 cm³/mol. The smallest absolute Gasteiger partial charge is 0.306 e. The highest BCUT2D eigenvalue weighted by molar-refractivity contribution is 6.31. The maximum atomic E-state index is 13.2. The lowest BCUT2D eigenvalue weighted by molar-refractivity contribution is -0.143. The van der Waals surface area contributed by atoms with E-state index in [1.807, 2.05) is 0 Å². The number of esters is 1. The number of aromatic nitrogens is 1. The van der Waals surface area contributed by atoms with Crippen molar-refractivity contribution in [2.45, 2.75) is 32.6 Å². The summed E-state index contributed by atoms with van der Waals surface area (Å²) >= 11 is 5.85. The Morgan fingerprint density at radius 1 is 1.67 bits per heavy atom. The third kappa shape index (κ3) is 2.64. The molecule has 18 heavy (non-hydrogen) atoms. The van der Waals surface area contributed by atoms with Crippen LogP contribution in [0.15, 0.2) is 6.20 Å². The SMILES string of the molecule is CCOC(=O)CC1CC1c1ncc(F)c(Cl)c1C. The highest BCUT2D eigenvalue weighted by Crippen LogP contribution is 2.50. The number of halogens is 2. The van der Waals surface area contributed by atoms with Gasteiger partial charge in [0.15, 0.2) is 5.82 Å². The Kier molecular flexibility index (Phi) is 3.85. The maximum Gasteiger partial charge on any atom is 0.306 e. The van der Waals surface area contributed by atoms with Gasteiger partial charge >= 0.3 is 5.97 Å². The van der Waals surface area contributed by atoms with E-state index in [-0.39, 0.29) is 22.8 Å². The number of rotatable bonds is 4. The fourth-order valence-corrected chi connectivity index (χ4v) is 2.33. The molecular formula is C13H15ClFNO2. The van der Waals surface area contributed by atoms with Crippen LogP contribution in [-0.4, -0.2) is 17.6 Å². The van der Waals surface area contributed by atoms with E-state index in [1.165, 1.54) is 0 Å². The lowest BCUT2D eigenvalue weighted by Crippen LogP contribution is -2.05. The molecule has 0 radical (unpaired) electrons. The minimum absolute atomic E-state index is 0.127. The van der Waals surface area contributed by atoms with Crippen LogP contribution in [0.5, 0.6) is 0 Å². The monoisotopic (exact) mass is 271 g/mol. The van der Waals surface area contributed by atoms with Crippen LogP contribution >= 0.6 is 11.6 Å². The van der Waals surface area contributed by atoms with E-state index in [4.69, 9.17) is 16.3 Å². The second-order valence-electron chi connectivity index (χ2n) is 4.54. The number of hydrogen-bond acceptors (Lipinski definition) is 3. The van der Waals surface area contributed by atoms with Crippen molar-refractivity contribution >= 4 is 17.6 Å². The average Bonchev–Trinajstić information content (AvgIpc) is 3.05. The van der Waals surface area contributed by atoms with Gasteiger partial charge in [0.1, 0.15) is 0 Å². The normalized spacial score (nSPS) is 21.8. The average molecular weight is 272 g/mol. The number of carbonyl (C=O) groups is 1. The van der Waals surface area contributed by atoms with Crippen LogP contribution in [0.3, 0.4) is 0 Å². The Hall–Kier alpha value is -1.16. The minimum Gasteiger partial charge on any atom is -0.466 e. The molecule has 0 aliphatic heterocycles. The highest BCUT2D eigenvalue weighted by atomic mass is 35.5. The molecule has 5 heteroatoms. The Labute approximate surface area is 110 Å². The van der Waals surface area contributed by atoms with Crippen LogP contribution in [0.4, 0.5) is 4.39 Å². The summed E-state index contributed by atoms with van der Waals surface area (Å²) in [6, 6.07) is 0. The van der Waals surface area contributed by atoms with Crippen molar-refractivity contribution in [3.05, 3.63) is 28.3 Å². The summed E-state index contributed by atoms with van der Waals surface area (Å²) in [5.74, 6) is -0.236. The molecule has 1 heterocycles. The molecule has 1 aromatic rings. The van der Waals surface area contributed by atoms with Crippen molar-refractivity contribution < 1.29 is 13.9 Å². The molecule has 3 nitrogen and oxygen atoms in total. The molecule has 0 N–H and O–H groups in total. The number of hydrogen-bond donors (Lipinski definition) is 0. The van der Waals surface area contributed by atoms with Crippen molar-refractivity contribution in [3.63, 3.8) is 0 Å². The number of pyridine rings is 1. The van der Waals surface area contributed by atoms with Crippen LogP contribution in [0, 0.1) is 18.7 Å². The van der Waals surface area contributed by atoms with Crippen molar-refractivity contribution in [3.8, 4) is 0 Å². The second-order valence-corrected chi connectivity index (χ2v) is 4.92. The topological polar surface area (TPSA) is 39.2 Å². The Bertz CT molecular complexity index is 478. The fourth-order valence-electron chi connectivity index (χ4n) is 2.19. The summed E-state index contributed by atoms with van der Waals surface area (Å²) in [5, 5.41) is 0.127. The summed E-state index contributed by atoms with van der Waals surface area (Å²) in [7, 11) is 0. The van der Waals surface area contributed by atoms with E-state index in [9.17, 15) is 9.18 Å². The molecule has 2 atom stereocenters. The lowest BCUT2D eigenvalue weighted by Gasteiger charge is -2.06.